The van der Waals surface area contributed by atoms with Crippen LogP contribution in [0, 0.1) is 6.92 Å². The first-order valence-corrected chi connectivity index (χ1v) is 9.82. The average molecular weight is 419 g/mol. The van der Waals surface area contributed by atoms with E-state index >= 15 is 0 Å². The maximum atomic E-state index is 13.1. The van der Waals surface area contributed by atoms with Gasteiger partial charge in [-0.2, -0.15) is 0 Å². The van der Waals surface area contributed by atoms with Crippen molar-refractivity contribution in [1.82, 2.24) is 0 Å². The SMILES string of the molecule is CCOc1ccccc1NC(=O)COc1c(-c2ccco2)oc2cc(C)ccc2c1=O. The number of furan rings is 1. The molecular formula is C24H21NO6. The van der Waals surface area contributed by atoms with E-state index in [0.29, 0.717) is 34.8 Å². The number of rotatable bonds is 7. The molecule has 1 amide bonds. The molecular weight excluding hydrogens is 398 g/mol. The molecule has 0 aliphatic heterocycles. The lowest BCUT2D eigenvalue weighted by Crippen LogP contribution is -2.23. The van der Waals surface area contributed by atoms with Crippen LogP contribution < -0.4 is 20.2 Å². The van der Waals surface area contributed by atoms with Gasteiger partial charge >= 0.3 is 0 Å². The molecule has 0 unspecified atom stereocenters. The maximum absolute atomic E-state index is 13.1. The smallest absolute Gasteiger partial charge is 0.262 e. The summed E-state index contributed by atoms with van der Waals surface area (Å²) in [5.41, 5.74) is 1.50. The summed E-state index contributed by atoms with van der Waals surface area (Å²) in [5.74, 6) is 0.490. The Balaban J connectivity index is 1.63. The van der Waals surface area contributed by atoms with Crippen molar-refractivity contribution in [3.8, 4) is 23.0 Å². The largest absolute Gasteiger partial charge is 0.492 e. The van der Waals surface area contributed by atoms with Gasteiger partial charge in [0.25, 0.3) is 5.91 Å². The highest BCUT2D eigenvalue weighted by atomic mass is 16.5. The van der Waals surface area contributed by atoms with Crippen LogP contribution in [0.2, 0.25) is 0 Å². The van der Waals surface area contributed by atoms with Crippen molar-refractivity contribution >= 4 is 22.6 Å². The van der Waals surface area contributed by atoms with E-state index in [0.717, 1.165) is 5.56 Å². The summed E-state index contributed by atoms with van der Waals surface area (Å²) in [6, 6.07) is 15.7. The van der Waals surface area contributed by atoms with Crippen molar-refractivity contribution in [1.29, 1.82) is 0 Å². The van der Waals surface area contributed by atoms with Crippen LogP contribution in [0.15, 0.2) is 74.5 Å². The van der Waals surface area contributed by atoms with E-state index < -0.39 is 12.5 Å². The van der Waals surface area contributed by atoms with Gasteiger partial charge in [-0.3, -0.25) is 9.59 Å². The Morgan fingerprint density at radius 2 is 1.90 bits per heavy atom. The molecule has 4 aromatic rings. The molecule has 2 aromatic heterocycles. The molecule has 158 valence electrons. The fraction of sp³-hybridized carbons (Fsp3) is 0.167. The average Bonchev–Trinajstić information content (AvgIpc) is 3.29. The molecule has 2 heterocycles. The van der Waals surface area contributed by atoms with E-state index in [-0.39, 0.29) is 16.9 Å². The van der Waals surface area contributed by atoms with Gasteiger partial charge in [0.05, 0.1) is 23.9 Å². The number of aryl methyl sites for hydroxylation is 1. The summed E-state index contributed by atoms with van der Waals surface area (Å²) in [4.78, 5) is 25.6. The fourth-order valence-corrected chi connectivity index (χ4v) is 3.16. The Labute approximate surface area is 178 Å². The number of para-hydroxylation sites is 2. The molecule has 0 saturated heterocycles. The molecule has 4 rings (SSSR count). The molecule has 7 heteroatoms. The first kappa shape index (κ1) is 20.3. The Morgan fingerprint density at radius 3 is 2.68 bits per heavy atom. The number of amides is 1. The van der Waals surface area contributed by atoms with Crippen LogP contribution >= 0.6 is 0 Å². The van der Waals surface area contributed by atoms with Crippen molar-refractivity contribution in [2.75, 3.05) is 18.5 Å². The van der Waals surface area contributed by atoms with E-state index in [1.807, 2.05) is 26.0 Å². The molecule has 0 radical (unpaired) electrons. The molecule has 0 aliphatic carbocycles. The summed E-state index contributed by atoms with van der Waals surface area (Å²) in [7, 11) is 0. The third-order valence-corrected chi connectivity index (χ3v) is 4.56. The molecule has 31 heavy (non-hydrogen) atoms. The molecule has 0 bridgehead atoms. The van der Waals surface area contributed by atoms with Crippen LogP contribution in [0.3, 0.4) is 0 Å². The first-order chi connectivity index (χ1) is 15.1. The lowest BCUT2D eigenvalue weighted by Gasteiger charge is -2.13. The van der Waals surface area contributed by atoms with E-state index in [2.05, 4.69) is 5.32 Å². The van der Waals surface area contributed by atoms with Gasteiger partial charge in [0.15, 0.2) is 12.4 Å². The predicted molar refractivity (Wildman–Crippen MR) is 117 cm³/mol. The topological polar surface area (TPSA) is 90.9 Å². The van der Waals surface area contributed by atoms with Crippen molar-refractivity contribution in [3.05, 3.63) is 76.6 Å². The zero-order valence-electron chi connectivity index (χ0n) is 17.1. The molecule has 0 atom stereocenters. The predicted octanol–water partition coefficient (Wildman–Crippen LogP) is 4.78. The number of hydrogen-bond acceptors (Lipinski definition) is 6. The van der Waals surface area contributed by atoms with Gasteiger partial charge in [-0.15, -0.1) is 0 Å². The Bertz CT molecular complexity index is 1270. The number of fused-ring (bicyclic) bond motifs is 1. The monoisotopic (exact) mass is 419 g/mol. The van der Waals surface area contributed by atoms with Crippen LogP contribution in [-0.2, 0) is 4.79 Å². The lowest BCUT2D eigenvalue weighted by molar-refractivity contribution is -0.118. The van der Waals surface area contributed by atoms with Gasteiger partial charge in [-0.25, -0.2) is 0 Å². The minimum absolute atomic E-state index is 0.0838. The lowest BCUT2D eigenvalue weighted by atomic mass is 10.1. The summed E-state index contributed by atoms with van der Waals surface area (Å²) in [5, 5.41) is 3.10. The molecule has 1 N–H and O–H groups in total. The third kappa shape index (κ3) is 4.30. The van der Waals surface area contributed by atoms with Gasteiger partial charge in [0.2, 0.25) is 16.9 Å². The highest BCUT2D eigenvalue weighted by Gasteiger charge is 2.21. The molecule has 7 nitrogen and oxygen atoms in total. The van der Waals surface area contributed by atoms with E-state index in [4.69, 9.17) is 18.3 Å². The van der Waals surface area contributed by atoms with Gasteiger partial charge in [-0.1, -0.05) is 18.2 Å². The highest BCUT2D eigenvalue weighted by molar-refractivity contribution is 5.93. The summed E-state index contributed by atoms with van der Waals surface area (Å²) >= 11 is 0. The number of hydrogen-bond donors (Lipinski definition) is 1. The maximum Gasteiger partial charge on any atom is 0.262 e. The van der Waals surface area contributed by atoms with Gasteiger partial charge in [0, 0.05) is 0 Å². The minimum Gasteiger partial charge on any atom is -0.492 e. The summed E-state index contributed by atoms with van der Waals surface area (Å²) in [6.45, 7) is 3.84. The van der Waals surface area contributed by atoms with Gasteiger partial charge in [0.1, 0.15) is 11.3 Å². The number of ether oxygens (including phenoxy) is 2. The second kappa shape index (κ2) is 8.79. The van der Waals surface area contributed by atoms with E-state index in [1.165, 1.54) is 6.26 Å². The van der Waals surface area contributed by atoms with Crippen molar-refractivity contribution < 1.29 is 23.1 Å². The standard InChI is InChI=1S/C24H21NO6/c1-3-28-18-8-5-4-7-17(18)25-21(26)14-30-24-22(27)16-11-10-15(2)13-20(16)31-23(24)19-9-6-12-29-19/h4-13H,3,14H2,1-2H3,(H,25,26). The zero-order valence-corrected chi connectivity index (χ0v) is 17.1. The zero-order chi connectivity index (χ0) is 21.8. The molecule has 0 saturated carbocycles. The first-order valence-electron chi connectivity index (χ1n) is 9.82. The molecule has 0 spiro atoms. The second-order valence-corrected chi connectivity index (χ2v) is 6.83. The van der Waals surface area contributed by atoms with Crippen molar-refractivity contribution in [3.63, 3.8) is 0 Å². The number of anilines is 1. The number of carbonyl (C=O) groups is 1. The quantitative estimate of drug-likeness (QED) is 0.464. The molecule has 0 aliphatic rings. The van der Waals surface area contributed by atoms with Crippen LogP contribution in [-0.4, -0.2) is 19.1 Å². The van der Waals surface area contributed by atoms with Gasteiger partial charge < -0.3 is 23.6 Å². The minimum atomic E-state index is -0.444. The normalized spacial score (nSPS) is 10.8. The van der Waals surface area contributed by atoms with E-state index in [1.54, 1.807) is 42.5 Å². The summed E-state index contributed by atoms with van der Waals surface area (Å²) < 4.78 is 22.5. The number of nitrogens with one attached hydrogen (secondary N) is 1. The number of benzene rings is 2. The Hall–Kier alpha value is -4.00. The molecule has 2 aromatic carbocycles. The van der Waals surface area contributed by atoms with Crippen LogP contribution in [0.25, 0.3) is 22.5 Å². The van der Waals surface area contributed by atoms with E-state index in [9.17, 15) is 9.59 Å². The van der Waals surface area contributed by atoms with Crippen molar-refractivity contribution in [2.45, 2.75) is 13.8 Å². The van der Waals surface area contributed by atoms with Crippen LogP contribution in [0.5, 0.6) is 11.5 Å². The fourth-order valence-electron chi connectivity index (χ4n) is 3.16. The second-order valence-electron chi connectivity index (χ2n) is 6.83. The van der Waals surface area contributed by atoms with Crippen LogP contribution in [0.1, 0.15) is 12.5 Å². The highest BCUT2D eigenvalue weighted by Crippen LogP contribution is 2.31. The summed E-state index contributed by atoms with van der Waals surface area (Å²) in [6.07, 6.45) is 1.47. The van der Waals surface area contributed by atoms with Crippen LogP contribution in [0.4, 0.5) is 5.69 Å². The number of carbonyl (C=O) groups excluding carboxylic acids is 1. The molecule has 0 fully saturated rings. The third-order valence-electron chi connectivity index (χ3n) is 4.56. The van der Waals surface area contributed by atoms with Gasteiger partial charge in [-0.05, 0) is 55.8 Å². The Morgan fingerprint density at radius 1 is 1.06 bits per heavy atom. The van der Waals surface area contributed by atoms with Crippen molar-refractivity contribution in [2.24, 2.45) is 0 Å². The Kier molecular flexibility index (Phi) is 5.75.